The number of aryl methyl sites for hydroxylation is 1. The SMILES string of the molecule is Cc1ccc(F)cc1C(=O)ON. The maximum absolute atomic E-state index is 12.6. The molecule has 3 nitrogen and oxygen atoms in total. The van der Waals surface area contributed by atoms with E-state index in [0.29, 0.717) is 5.56 Å². The predicted molar refractivity (Wildman–Crippen MR) is 40.7 cm³/mol. The molecule has 0 spiro atoms. The molecule has 0 aliphatic rings. The number of hydrogen-bond acceptors (Lipinski definition) is 3. The van der Waals surface area contributed by atoms with E-state index in [9.17, 15) is 9.18 Å². The predicted octanol–water partition coefficient (Wildman–Crippen LogP) is 1.16. The Morgan fingerprint density at radius 2 is 2.25 bits per heavy atom. The standard InChI is InChI=1S/C8H8FNO2/c1-5-2-3-6(9)4-7(5)8(11)12-10/h2-4H,10H2,1H3. The Bertz CT molecular complexity index is 312. The van der Waals surface area contributed by atoms with Gasteiger partial charge in [-0.1, -0.05) is 6.07 Å². The molecule has 1 rings (SSSR count). The molecule has 0 aromatic heterocycles. The lowest BCUT2D eigenvalue weighted by Crippen LogP contribution is -2.11. The Labute approximate surface area is 68.9 Å². The molecular weight excluding hydrogens is 161 g/mol. The highest BCUT2D eigenvalue weighted by atomic mass is 19.1. The van der Waals surface area contributed by atoms with Gasteiger partial charge in [0.2, 0.25) is 0 Å². The molecule has 0 saturated carbocycles. The van der Waals surface area contributed by atoms with Crippen LogP contribution in [-0.4, -0.2) is 5.97 Å². The van der Waals surface area contributed by atoms with Gasteiger partial charge in [-0.3, -0.25) is 0 Å². The fraction of sp³-hybridized carbons (Fsp3) is 0.125. The third-order valence-corrected chi connectivity index (χ3v) is 1.53. The third kappa shape index (κ3) is 1.60. The van der Waals surface area contributed by atoms with Crippen molar-refractivity contribution in [1.82, 2.24) is 0 Å². The van der Waals surface area contributed by atoms with Crippen LogP contribution < -0.4 is 5.90 Å². The van der Waals surface area contributed by atoms with Gasteiger partial charge in [0.15, 0.2) is 0 Å². The number of hydrogen-bond donors (Lipinski definition) is 1. The number of carbonyl (C=O) groups is 1. The van der Waals surface area contributed by atoms with Crippen LogP contribution in [0.2, 0.25) is 0 Å². The van der Waals surface area contributed by atoms with Crippen molar-refractivity contribution in [2.24, 2.45) is 5.90 Å². The second-order valence-electron chi connectivity index (χ2n) is 2.36. The third-order valence-electron chi connectivity index (χ3n) is 1.53. The van der Waals surface area contributed by atoms with Crippen LogP contribution in [0.3, 0.4) is 0 Å². The first kappa shape index (κ1) is 8.67. The van der Waals surface area contributed by atoms with Gasteiger partial charge in [0.05, 0.1) is 5.56 Å². The molecule has 0 heterocycles. The highest BCUT2D eigenvalue weighted by molar-refractivity contribution is 5.90. The summed E-state index contributed by atoms with van der Waals surface area (Å²) in [5.41, 5.74) is 0.782. The van der Waals surface area contributed by atoms with Crippen molar-refractivity contribution in [2.45, 2.75) is 6.92 Å². The Hall–Kier alpha value is -1.42. The summed E-state index contributed by atoms with van der Waals surface area (Å²) in [7, 11) is 0. The molecule has 2 N–H and O–H groups in total. The normalized spacial score (nSPS) is 9.58. The zero-order valence-electron chi connectivity index (χ0n) is 6.50. The fourth-order valence-electron chi connectivity index (χ4n) is 0.878. The summed E-state index contributed by atoms with van der Waals surface area (Å²) in [5.74, 6) is 3.44. The lowest BCUT2D eigenvalue weighted by molar-refractivity contribution is 0.0502. The molecule has 0 atom stereocenters. The smallest absolute Gasteiger partial charge is 0.356 e. The molecule has 1 aromatic rings. The van der Waals surface area contributed by atoms with Gasteiger partial charge in [-0.25, -0.2) is 9.18 Å². The Kier molecular flexibility index (Phi) is 2.40. The van der Waals surface area contributed by atoms with Gasteiger partial charge in [0.25, 0.3) is 0 Å². The summed E-state index contributed by atoms with van der Waals surface area (Å²) < 4.78 is 12.6. The van der Waals surface area contributed by atoms with Crippen molar-refractivity contribution < 1.29 is 14.0 Å². The minimum atomic E-state index is -0.730. The number of benzene rings is 1. The summed E-state index contributed by atoms with van der Waals surface area (Å²) in [6, 6.07) is 3.84. The molecular formula is C8H8FNO2. The first-order valence-corrected chi connectivity index (χ1v) is 3.32. The van der Waals surface area contributed by atoms with Gasteiger partial charge >= 0.3 is 5.97 Å². The zero-order valence-corrected chi connectivity index (χ0v) is 6.50. The van der Waals surface area contributed by atoms with Crippen molar-refractivity contribution in [3.05, 3.63) is 35.1 Å². The van der Waals surface area contributed by atoms with Gasteiger partial charge in [-0.05, 0) is 24.6 Å². The molecule has 0 fully saturated rings. The average Bonchev–Trinajstić information content (AvgIpc) is 2.08. The number of nitrogens with two attached hydrogens (primary N) is 1. The van der Waals surface area contributed by atoms with Crippen LogP contribution in [0.4, 0.5) is 4.39 Å². The van der Waals surface area contributed by atoms with Gasteiger partial charge in [0.1, 0.15) is 5.82 Å². The van der Waals surface area contributed by atoms with Crippen LogP contribution in [0.1, 0.15) is 15.9 Å². The van der Waals surface area contributed by atoms with E-state index in [-0.39, 0.29) is 5.56 Å². The largest absolute Gasteiger partial charge is 0.370 e. The van der Waals surface area contributed by atoms with Gasteiger partial charge < -0.3 is 4.84 Å². The molecule has 4 heteroatoms. The Morgan fingerprint density at radius 3 is 2.83 bits per heavy atom. The maximum atomic E-state index is 12.6. The van der Waals surface area contributed by atoms with E-state index in [1.54, 1.807) is 6.92 Å². The van der Waals surface area contributed by atoms with E-state index < -0.39 is 11.8 Å². The minimum Gasteiger partial charge on any atom is -0.370 e. The van der Waals surface area contributed by atoms with Crippen LogP contribution in [0.25, 0.3) is 0 Å². The van der Waals surface area contributed by atoms with Crippen molar-refractivity contribution in [1.29, 1.82) is 0 Å². The minimum absolute atomic E-state index is 0.150. The number of rotatable bonds is 1. The van der Waals surface area contributed by atoms with Crippen LogP contribution in [0, 0.1) is 12.7 Å². The summed E-state index contributed by atoms with van der Waals surface area (Å²) in [4.78, 5) is 14.8. The van der Waals surface area contributed by atoms with E-state index in [4.69, 9.17) is 0 Å². The lowest BCUT2D eigenvalue weighted by atomic mass is 10.1. The summed E-state index contributed by atoms with van der Waals surface area (Å²) in [5, 5.41) is 0. The van der Waals surface area contributed by atoms with Crippen LogP contribution in [0.15, 0.2) is 18.2 Å². The van der Waals surface area contributed by atoms with Gasteiger partial charge in [-0.2, -0.15) is 5.90 Å². The first-order valence-electron chi connectivity index (χ1n) is 3.32. The van der Waals surface area contributed by atoms with E-state index in [2.05, 4.69) is 10.7 Å². The van der Waals surface area contributed by atoms with Gasteiger partial charge in [0, 0.05) is 0 Å². The van der Waals surface area contributed by atoms with E-state index >= 15 is 0 Å². The quantitative estimate of drug-likeness (QED) is 0.642. The Morgan fingerprint density at radius 1 is 1.58 bits per heavy atom. The van der Waals surface area contributed by atoms with Crippen LogP contribution in [0.5, 0.6) is 0 Å². The second kappa shape index (κ2) is 3.32. The van der Waals surface area contributed by atoms with E-state index in [0.717, 1.165) is 6.07 Å². The molecule has 0 unspecified atom stereocenters. The summed E-state index contributed by atoms with van der Waals surface area (Å²) in [6.07, 6.45) is 0. The monoisotopic (exact) mass is 169 g/mol. The molecule has 0 aliphatic heterocycles. The molecule has 0 radical (unpaired) electrons. The van der Waals surface area contributed by atoms with Gasteiger partial charge in [-0.15, -0.1) is 0 Å². The van der Waals surface area contributed by atoms with Crippen molar-refractivity contribution >= 4 is 5.97 Å². The van der Waals surface area contributed by atoms with Crippen molar-refractivity contribution in [3.63, 3.8) is 0 Å². The second-order valence-corrected chi connectivity index (χ2v) is 2.36. The average molecular weight is 169 g/mol. The molecule has 0 aliphatic carbocycles. The Balaban J connectivity index is 3.13. The van der Waals surface area contributed by atoms with Crippen LogP contribution >= 0.6 is 0 Å². The highest BCUT2D eigenvalue weighted by Crippen LogP contribution is 2.10. The number of carbonyl (C=O) groups excluding carboxylic acids is 1. The zero-order chi connectivity index (χ0) is 9.14. The maximum Gasteiger partial charge on any atom is 0.356 e. The van der Waals surface area contributed by atoms with Crippen LogP contribution in [-0.2, 0) is 4.84 Å². The number of halogens is 1. The highest BCUT2D eigenvalue weighted by Gasteiger charge is 2.09. The van der Waals surface area contributed by atoms with E-state index in [1.807, 2.05) is 0 Å². The van der Waals surface area contributed by atoms with Crippen molar-refractivity contribution in [2.75, 3.05) is 0 Å². The van der Waals surface area contributed by atoms with Crippen molar-refractivity contribution in [3.8, 4) is 0 Å². The molecule has 0 bridgehead atoms. The first-order chi connectivity index (χ1) is 5.65. The molecule has 64 valence electrons. The summed E-state index contributed by atoms with van der Waals surface area (Å²) >= 11 is 0. The molecule has 1 aromatic carbocycles. The molecule has 0 amide bonds. The topological polar surface area (TPSA) is 52.3 Å². The molecule has 0 saturated heterocycles. The van der Waals surface area contributed by atoms with E-state index in [1.165, 1.54) is 12.1 Å². The lowest BCUT2D eigenvalue weighted by Gasteiger charge is -2.01. The fourth-order valence-corrected chi connectivity index (χ4v) is 0.878. The molecule has 12 heavy (non-hydrogen) atoms. The summed E-state index contributed by atoms with van der Waals surface area (Å²) in [6.45, 7) is 1.67.